The monoisotopic (exact) mass is 241 g/mol. The molecule has 0 amide bonds. The number of rotatable bonds is 3. The minimum Gasteiger partial charge on any atom is -0.497 e. The summed E-state index contributed by atoms with van der Waals surface area (Å²) >= 11 is 7.77. The van der Waals surface area contributed by atoms with Gasteiger partial charge in [-0.15, -0.1) is 0 Å². The van der Waals surface area contributed by atoms with Crippen LogP contribution in [0.3, 0.4) is 0 Å². The van der Waals surface area contributed by atoms with E-state index in [1.54, 1.807) is 19.1 Å². The first-order valence-electron chi connectivity index (χ1n) is 4.77. The van der Waals surface area contributed by atoms with Gasteiger partial charge in [-0.25, -0.2) is 4.40 Å². The van der Waals surface area contributed by atoms with Crippen molar-refractivity contribution in [3.63, 3.8) is 0 Å². The summed E-state index contributed by atoms with van der Waals surface area (Å²) in [5.74, 6) is 2.38. The minimum atomic E-state index is 0.515. The molecule has 15 heavy (non-hydrogen) atoms. The van der Waals surface area contributed by atoms with Gasteiger partial charge in [-0.3, -0.25) is 0 Å². The molecular weight excluding hydrogens is 230 g/mol. The van der Waals surface area contributed by atoms with Crippen LogP contribution >= 0.6 is 23.5 Å². The first-order valence-corrected chi connectivity index (χ1v) is 6.09. The van der Waals surface area contributed by atoms with E-state index in [0.717, 1.165) is 28.5 Å². The summed E-state index contributed by atoms with van der Waals surface area (Å²) in [7, 11) is 1.64. The SMILES string of the molecule is COc1ccc(CC2C=NSC2)c(Cl)c1. The maximum atomic E-state index is 6.16. The van der Waals surface area contributed by atoms with Crippen LogP contribution in [0.4, 0.5) is 0 Å². The standard InChI is InChI=1S/C11H12ClNOS/c1-14-10-3-2-9(11(12)5-10)4-8-6-13-15-7-8/h2-3,5-6,8H,4,7H2,1H3. The van der Waals surface area contributed by atoms with Crippen LogP contribution in [0.5, 0.6) is 5.75 Å². The van der Waals surface area contributed by atoms with E-state index in [1.165, 1.54) is 0 Å². The molecule has 1 atom stereocenters. The molecule has 1 heterocycles. The molecule has 0 aromatic heterocycles. The molecule has 0 fully saturated rings. The van der Waals surface area contributed by atoms with Gasteiger partial charge in [0, 0.05) is 22.9 Å². The zero-order chi connectivity index (χ0) is 10.7. The van der Waals surface area contributed by atoms with Crippen LogP contribution in [0.1, 0.15) is 5.56 Å². The van der Waals surface area contributed by atoms with Gasteiger partial charge in [-0.2, -0.15) is 0 Å². The number of ether oxygens (including phenoxy) is 1. The second-order valence-corrected chi connectivity index (χ2v) is 4.68. The largest absolute Gasteiger partial charge is 0.497 e. The lowest BCUT2D eigenvalue weighted by Gasteiger charge is -2.09. The van der Waals surface area contributed by atoms with Gasteiger partial charge in [0.15, 0.2) is 0 Å². The number of methoxy groups -OCH3 is 1. The second kappa shape index (κ2) is 4.90. The molecule has 0 radical (unpaired) electrons. The molecule has 80 valence electrons. The highest BCUT2D eigenvalue weighted by atomic mass is 35.5. The van der Waals surface area contributed by atoms with Gasteiger partial charge in [0.1, 0.15) is 5.75 Å². The van der Waals surface area contributed by atoms with Crippen LogP contribution < -0.4 is 4.74 Å². The number of hydrogen-bond acceptors (Lipinski definition) is 3. The molecule has 1 aliphatic heterocycles. The van der Waals surface area contributed by atoms with Gasteiger partial charge in [-0.05, 0) is 36.1 Å². The minimum absolute atomic E-state index is 0.515. The van der Waals surface area contributed by atoms with Crippen molar-refractivity contribution >= 4 is 29.8 Å². The molecule has 1 unspecified atom stereocenters. The van der Waals surface area contributed by atoms with Crippen molar-refractivity contribution in [1.82, 2.24) is 0 Å². The summed E-state index contributed by atoms with van der Waals surface area (Å²) in [5.41, 5.74) is 1.16. The van der Waals surface area contributed by atoms with Crippen molar-refractivity contribution in [2.75, 3.05) is 12.9 Å². The predicted octanol–water partition coefficient (Wildman–Crippen LogP) is 3.24. The highest BCUT2D eigenvalue weighted by molar-refractivity contribution is 7.98. The molecule has 4 heteroatoms. The molecule has 2 rings (SSSR count). The third kappa shape index (κ3) is 2.67. The number of halogens is 1. The van der Waals surface area contributed by atoms with Gasteiger partial charge in [0.25, 0.3) is 0 Å². The quantitative estimate of drug-likeness (QED) is 0.758. The summed E-state index contributed by atoms with van der Waals surface area (Å²) in [6, 6.07) is 5.83. The molecule has 0 spiro atoms. The van der Waals surface area contributed by atoms with Crippen LogP contribution in [0, 0.1) is 5.92 Å². The summed E-state index contributed by atoms with van der Waals surface area (Å²) in [6.45, 7) is 0. The van der Waals surface area contributed by atoms with Gasteiger partial charge in [0.05, 0.1) is 7.11 Å². The molecule has 0 N–H and O–H groups in total. The Bertz CT molecular complexity index is 381. The van der Waals surface area contributed by atoms with E-state index < -0.39 is 0 Å². The zero-order valence-corrected chi connectivity index (χ0v) is 10.0. The molecule has 1 aromatic carbocycles. The van der Waals surface area contributed by atoms with Crippen LogP contribution in [0.15, 0.2) is 22.6 Å². The molecule has 2 nitrogen and oxygen atoms in total. The van der Waals surface area contributed by atoms with E-state index in [1.807, 2.05) is 24.4 Å². The molecule has 0 bridgehead atoms. The Labute approximate surface area is 98.8 Å². The van der Waals surface area contributed by atoms with Crippen LogP contribution in [0.2, 0.25) is 5.02 Å². The van der Waals surface area contributed by atoms with Crippen molar-refractivity contribution in [1.29, 1.82) is 0 Å². The van der Waals surface area contributed by atoms with Crippen LogP contribution in [-0.4, -0.2) is 19.1 Å². The van der Waals surface area contributed by atoms with E-state index in [-0.39, 0.29) is 0 Å². The fraction of sp³-hybridized carbons (Fsp3) is 0.364. The Hall–Kier alpha value is -0.670. The molecule has 1 aromatic rings. The van der Waals surface area contributed by atoms with E-state index in [0.29, 0.717) is 5.92 Å². The van der Waals surface area contributed by atoms with Crippen LogP contribution in [-0.2, 0) is 6.42 Å². The Morgan fingerprint density at radius 2 is 2.47 bits per heavy atom. The Kier molecular flexibility index (Phi) is 3.54. The first-order chi connectivity index (χ1) is 7.29. The molecular formula is C11H12ClNOS. The lowest BCUT2D eigenvalue weighted by atomic mass is 10.0. The van der Waals surface area contributed by atoms with Crippen molar-refractivity contribution < 1.29 is 4.74 Å². The van der Waals surface area contributed by atoms with Gasteiger partial charge in [-0.1, -0.05) is 17.7 Å². The van der Waals surface area contributed by atoms with E-state index >= 15 is 0 Å². The molecule has 1 aliphatic rings. The third-order valence-corrected chi connectivity index (χ3v) is 3.58. The third-order valence-electron chi connectivity index (χ3n) is 2.38. The van der Waals surface area contributed by atoms with Gasteiger partial charge < -0.3 is 4.74 Å². The smallest absolute Gasteiger partial charge is 0.120 e. The average Bonchev–Trinajstić information content (AvgIpc) is 2.74. The highest BCUT2D eigenvalue weighted by Crippen LogP contribution is 2.27. The maximum Gasteiger partial charge on any atom is 0.120 e. The number of nitrogens with zero attached hydrogens (tertiary/aromatic N) is 1. The van der Waals surface area contributed by atoms with E-state index in [4.69, 9.17) is 16.3 Å². The predicted molar refractivity (Wildman–Crippen MR) is 66.1 cm³/mol. The summed E-state index contributed by atoms with van der Waals surface area (Å²) < 4.78 is 9.25. The zero-order valence-electron chi connectivity index (χ0n) is 8.44. The van der Waals surface area contributed by atoms with Gasteiger partial charge >= 0.3 is 0 Å². The van der Waals surface area contributed by atoms with Crippen molar-refractivity contribution in [3.8, 4) is 5.75 Å². The Morgan fingerprint density at radius 1 is 1.60 bits per heavy atom. The van der Waals surface area contributed by atoms with Crippen molar-refractivity contribution in [2.24, 2.45) is 10.3 Å². The fourth-order valence-corrected chi connectivity index (χ4v) is 2.51. The normalized spacial score (nSPS) is 19.5. The second-order valence-electron chi connectivity index (χ2n) is 3.47. The Balaban J connectivity index is 2.10. The Morgan fingerprint density at radius 3 is 3.07 bits per heavy atom. The fourth-order valence-electron chi connectivity index (χ4n) is 1.53. The summed E-state index contributed by atoms with van der Waals surface area (Å²) in [6.07, 6.45) is 2.96. The highest BCUT2D eigenvalue weighted by Gasteiger charge is 2.14. The topological polar surface area (TPSA) is 21.6 Å². The molecule has 0 aliphatic carbocycles. The lowest BCUT2D eigenvalue weighted by Crippen LogP contribution is -2.05. The maximum absolute atomic E-state index is 6.16. The lowest BCUT2D eigenvalue weighted by molar-refractivity contribution is 0.414. The summed E-state index contributed by atoms with van der Waals surface area (Å²) in [4.78, 5) is 0. The average molecular weight is 242 g/mol. The first kappa shape index (κ1) is 10.8. The van der Waals surface area contributed by atoms with Crippen molar-refractivity contribution in [2.45, 2.75) is 6.42 Å². The summed E-state index contributed by atoms with van der Waals surface area (Å²) in [5, 5.41) is 0.777. The number of hydrogen-bond donors (Lipinski definition) is 0. The number of benzene rings is 1. The van der Waals surface area contributed by atoms with E-state index in [9.17, 15) is 0 Å². The van der Waals surface area contributed by atoms with Crippen molar-refractivity contribution in [3.05, 3.63) is 28.8 Å². The van der Waals surface area contributed by atoms with Gasteiger partial charge in [0.2, 0.25) is 0 Å². The molecule has 0 saturated carbocycles. The van der Waals surface area contributed by atoms with Crippen LogP contribution in [0.25, 0.3) is 0 Å². The van der Waals surface area contributed by atoms with E-state index in [2.05, 4.69) is 4.40 Å². The molecule has 0 saturated heterocycles.